The Hall–Kier alpha value is -1.07. The van der Waals surface area contributed by atoms with Crippen LogP contribution in [0.1, 0.15) is 50.5 Å². The number of fused-ring (bicyclic) bond motifs is 1. The Morgan fingerprint density at radius 3 is 3.00 bits per heavy atom. The third kappa shape index (κ3) is 3.82. The fourth-order valence-electron chi connectivity index (χ4n) is 3.07. The van der Waals surface area contributed by atoms with Gasteiger partial charge in [0.1, 0.15) is 11.5 Å². The quantitative estimate of drug-likeness (QED) is 0.922. The topological polar surface area (TPSA) is 58.4 Å². The summed E-state index contributed by atoms with van der Waals surface area (Å²) in [4.78, 5) is 19.0. The van der Waals surface area contributed by atoms with Crippen molar-refractivity contribution in [3.05, 3.63) is 17.3 Å². The Morgan fingerprint density at radius 2 is 2.32 bits per heavy atom. The smallest absolute Gasteiger partial charge is 0.240 e. The molecular weight excluding hydrogens is 302 g/mol. The number of amides is 1. The number of rotatable bonds is 4. The molecule has 2 aliphatic rings. The van der Waals surface area contributed by atoms with Crippen LogP contribution in [0, 0.1) is 5.92 Å². The van der Waals surface area contributed by atoms with Gasteiger partial charge in [0.25, 0.3) is 0 Å². The minimum Gasteiger partial charge on any atom is -0.445 e. The summed E-state index contributed by atoms with van der Waals surface area (Å²) in [6.07, 6.45) is 4.83. The third-order valence-electron chi connectivity index (χ3n) is 4.38. The second-order valence-electron chi connectivity index (χ2n) is 6.57. The summed E-state index contributed by atoms with van der Waals surface area (Å²) < 4.78 is 5.85. The van der Waals surface area contributed by atoms with Crippen molar-refractivity contribution in [2.45, 2.75) is 58.5 Å². The van der Waals surface area contributed by atoms with Crippen LogP contribution < -0.4 is 5.32 Å². The maximum absolute atomic E-state index is 12.4. The summed E-state index contributed by atoms with van der Waals surface area (Å²) in [6, 6.07) is 0.0128. The van der Waals surface area contributed by atoms with Gasteiger partial charge < -0.3 is 14.6 Å². The summed E-state index contributed by atoms with van der Waals surface area (Å²) in [5, 5.41) is 3.28. The molecule has 1 N–H and O–H groups in total. The van der Waals surface area contributed by atoms with E-state index in [-0.39, 0.29) is 24.4 Å². The van der Waals surface area contributed by atoms with Gasteiger partial charge in [-0.3, -0.25) is 4.79 Å². The lowest BCUT2D eigenvalue weighted by Gasteiger charge is -2.27. The molecule has 0 unspecified atom stereocenters. The van der Waals surface area contributed by atoms with Crippen molar-refractivity contribution >= 4 is 18.3 Å². The van der Waals surface area contributed by atoms with Crippen molar-refractivity contribution < 1.29 is 9.21 Å². The highest BCUT2D eigenvalue weighted by Crippen LogP contribution is 2.22. The van der Waals surface area contributed by atoms with Crippen molar-refractivity contribution in [2.75, 3.05) is 13.1 Å². The zero-order valence-corrected chi connectivity index (χ0v) is 14.2. The van der Waals surface area contributed by atoms with Gasteiger partial charge in [-0.25, -0.2) is 4.98 Å². The molecule has 6 heteroatoms. The molecule has 0 bridgehead atoms. The average molecular weight is 328 g/mol. The minimum absolute atomic E-state index is 0. The van der Waals surface area contributed by atoms with Crippen molar-refractivity contribution in [3.63, 3.8) is 0 Å². The zero-order chi connectivity index (χ0) is 14.8. The van der Waals surface area contributed by atoms with E-state index in [1.807, 2.05) is 4.90 Å². The molecule has 1 atom stereocenters. The van der Waals surface area contributed by atoms with Crippen LogP contribution >= 0.6 is 12.4 Å². The average Bonchev–Trinajstić information content (AvgIpc) is 3.12. The van der Waals surface area contributed by atoms with Gasteiger partial charge in [-0.2, -0.15) is 0 Å². The standard InChI is InChI=1S/C16H25N3O2.ClH/c1-11(2)5-6-15-18-13-10-19(9-7-14(13)21-15)16(20)12-4-3-8-17-12;/h11-12,17H,3-10H2,1-2H3;1H/t12-;/m0./s1. The van der Waals surface area contributed by atoms with Crippen molar-refractivity contribution in [3.8, 4) is 0 Å². The molecule has 1 amide bonds. The first-order valence-corrected chi connectivity index (χ1v) is 8.13. The van der Waals surface area contributed by atoms with Crippen LogP contribution in [-0.4, -0.2) is 34.9 Å². The lowest BCUT2D eigenvalue weighted by molar-refractivity contribution is -0.134. The highest BCUT2D eigenvalue weighted by molar-refractivity contribution is 5.85. The number of oxazole rings is 1. The molecule has 1 aromatic heterocycles. The summed E-state index contributed by atoms with van der Waals surface area (Å²) in [7, 11) is 0. The molecule has 1 aromatic rings. The molecule has 0 radical (unpaired) electrons. The van der Waals surface area contributed by atoms with Gasteiger partial charge in [-0.1, -0.05) is 13.8 Å². The molecule has 3 heterocycles. The maximum atomic E-state index is 12.4. The van der Waals surface area contributed by atoms with Crippen molar-refractivity contribution in [1.29, 1.82) is 0 Å². The monoisotopic (exact) mass is 327 g/mol. The van der Waals surface area contributed by atoms with Crippen LogP contribution in [0.5, 0.6) is 0 Å². The summed E-state index contributed by atoms with van der Waals surface area (Å²) >= 11 is 0. The van der Waals surface area contributed by atoms with Crippen LogP contribution in [0.2, 0.25) is 0 Å². The predicted octanol–water partition coefficient (Wildman–Crippen LogP) is 2.32. The van der Waals surface area contributed by atoms with E-state index < -0.39 is 0 Å². The van der Waals surface area contributed by atoms with Gasteiger partial charge in [0.05, 0.1) is 12.6 Å². The lowest BCUT2D eigenvalue weighted by Crippen LogP contribution is -2.45. The Labute approximate surface area is 138 Å². The van der Waals surface area contributed by atoms with Crippen LogP contribution in [0.25, 0.3) is 0 Å². The first-order valence-electron chi connectivity index (χ1n) is 8.13. The van der Waals surface area contributed by atoms with E-state index >= 15 is 0 Å². The molecular formula is C16H26ClN3O2. The Balaban J connectivity index is 0.00000176. The van der Waals surface area contributed by atoms with E-state index in [4.69, 9.17) is 4.42 Å². The largest absolute Gasteiger partial charge is 0.445 e. The molecule has 0 aromatic carbocycles. The molecule has 124 valence electrons. The molecule has 1 saturated heterocycles. The number of nitrogens with one attached hydrogen (secondary N) is 1. The number of hydrogen-bond acceptors (Lipinski definition) is 4. The van der Waals surface area contributed by atoms with E-state index in [0.29, 0.717) is 12.5 Å². The number of carbonyl (C=O) groups excluding carboxylic acids is 1. The Bertz CT molecular complexity index is 509. The molecule has 0 spiro atoms. The van der Waals surface area contributed by atoms with E-state index in [0.717, 1.165) is 62.5 Å². The van der Waals surface area contributed by atoms with Crippen LogP contribution in [-0.2, 0) is 24.2 Å². The van der Waals surface area contributed by atoms with Gasteiger partial charge in [0.2, 0.25) is 5.91 Å². The SMILES string of the molecule is CC(C)CCc1nc2c(o1)CCN(C(=O)[C@@H]1CCCN1)C2.Cl. The number of hydrogen-bond donors (Lipinski definition) is 1. The second kappa shape index (κ2) is 7.47. The van der Waals surface area contributed by atoms with Gasteiger partial charge in [-0.15, -0.1) is 12.4 Å². The lowest BCUT2D eigenvalue weighted by atomic mass is 10.1. The van der Waals surface area contributed by atoms with E-state index in [1.165, 1.54) is 0 Å². The number of halogens is 1. The molecule has 1 fully saturated rings. The maximum Gasteiger partial charge on any atom is 0.240 e. The fraction of sp³-hybridized carbons (Fsp3) is 0.750. The second-order valence-corrected chi connectivity index (χ2v) is 6.57. The van der Waals surface area contributed by atoms with Gasteiger partial charge in [0.15, 0.2) is 5.89 Å². The Kier molecular flexibility index (Phi) is 5.87. The van der Waals surface area contributed by atoms with Gasteiger partial charge >= 0.3 is 0 Å². The number of aryl methyl sites for hydroxylation is 1. The van der Waals surface area contributed by atoms with Crippen molar-refractivity contribution in [2.24, 2.45) is 5.92 Å². The number of nitrogens with zero attached hydrogens (tertiary/aromatic N) is 2. The minimum atomic E-state index is 0. The van der Waals surface area contributed by atoms with E-state index in [9.17, 15) is 4.79 Å². The highest BCUT2D eigenvalue weighted by atomic mass is 35.5. The Morgan fingerprint density at radius 1 is 1.50 bits per heavy atom. The van der Waals surface area contributed by atoms with E-state index in [1.54, 1.807) is 0 Å². The molecule has 5 nitrogen and oxygen atoms in total. The zero-order valence-electron chi connectivity index (χ0n) is 13.4. The van der Waals surface area contributed by atoms with Crippen LogP contribution in [0.15, 0.2) is 4.42 Å². The highest BCUT2D eigenvalue weighted by Gasteiger charge is 2.31. The summed E-state index contributed by atoms with van der Waals surface area (Å²) in [5.41, 5.74) is 0.964. The van der Waals surface area contributed by atoms with Gasteiger partial charge in [0, 0.05) is 19.4 Å². The van der Waals surface area contributed by atoms with Gasteiger partial charge in [-0.05, 0) is 31.7 Å². The summed E-state index contributed by atoms with van der Waals surface area (Å²) in [6.45, 7) is 6.73. The van der Waals surface area contributed by atoms with Crippen LogP contribution in [0.4, 0.5) is 0 Å². The van der Waals surface area contributed by atoms with Crippen LogP contribution in [0.3, 0.4) is 0 Å². The van der Waals surface area contributed by atoms with Crippen molar-refractivity contribution in [1.82, 2.24) is 15.2 Å². The molecule has 22 heavy (non-hydrogen) atoms. The fourth-order valence-corrected chi connectivity index (χ4v) is 3.07. The number of aromatic nitrogens is 1. The molecule has 3 rings (SSSR count). The summed E-state index contributed by atoms with van der Waals surface area (Å²) in [5.74, 6) is 2.70. The first kappa shape index (κ1) is 17.3. The molecule has 0 saturated carbocycles. The predicted molar refractivity (Wildman–Crippen MR) is 87.1 cm³/mol. The third-order valence-corrected chi connectivity index (χ3v) is 4.38. The van der Waals surface area contributed by atoms with E-state index in [2.05, 4.69) is 24.1 Å². The molecule has 0 aliphatic carbocycles. The number of carbonyl (C=O) groups is 1. The normalized spacial score (nSPS) is 20.9. The first-order chi connectivity index (χ1) is 10.1. The molecule has 2 aliphatic heterocycles.